The van der Waals surface area contributed by atoms with E-state index in [2.05, 4.69) is 4.98 Å². The van der Waals surface area contributed by atoms with E-state index < -0.39 is 0 Å². The summed E-state index contributed by atoms with van der Waals surface area (Å²) in [5.74, 6) is -0.266. The van der Waals surface area contributed by atoms with E-state index in [9.17, 15) is 4.79 Å². The lowest BCUT2D eigenvalue weighted by Gasteiger charge is -1.98. The number of hydrogen-bond donors (Lipinski definition) is 0. The molecule has 2 heterocycles. The summed E-state index contributed by atoms with van der Waals surface area (Å²) in [5.41, 5.74) is 2.93. The number of aromatic nitrogens is 2. The number of thiazole rings is 1. The van der Waals surface area contributed by atoms with Gasteiger partial charge in [-0.25, -0.2) is 4.79 Å². The molecule has 2 aromatic heterocycles. The normalized spacial score (nSPS) is 10.8. The SMILES string of the molecule is CCOC(=O)c1sc2nc(C)cc(C)[n+]2c1C. The van der Waals surface area contributed by atoms with E-state index in [4.69, 9.17) is 4.74 Å². The van der Waals surface area contributed by atoms with Crippen LogP contribution in [0.3, 0.4) is 0 Å². The highest BCUT2D eigenvalue weighted by atomic mass is 32.1. The Bertz CT molecular complexity index is 590. The topological polar surface area (TPSA) is 43.3 Å². The first-order valence-corrected chi connectivity index (χ1v) is 6.32. The molecule has 0 radical (unpaired) electrons. The smallest absolute Gasteiger partial charge is 0.388 e. The number of esters is 1. The standard InChI is InChI=1S/C12H15N2O2S/c1-5-16-11(15)10-9(4)14-8(3)6-7(2)13-12(14)17-10/h6H,5H2,1-4H3/q+1. The number of nitrogens with zero attached hydrogens (tertiary/aromatic N) is 2. The third-order valence-corrected chi connectivity index (χ3v) is 3.67. The van der Waals surface area contributed by atoms with Crippen LogP contribution in [-0.4, -0.2) is 17.6 Å². The predicted octanol–water partition coefficient (Wildman–Crippen LogP) is 1.98. The van der Waals surface area contributed by atoms with Crippen molar-refractivity contribution in [2.75, 3.05) is 6.61 Å². The molecule has 0 unspecified atom stereocenters. The number of aryl methyl sites for hydroxylation is 3. The van der Waals surface area contributed by atoms with Gasteiger partial charge in [-0.05, 0) is 37.1 Å². The molecule has 0 aliphatic heterocycles. The second kappa shape index (κ2) is 4.41. The van der Waals surface area contributed by atoms with E-state index in [-0.39, 0.29) is 5.97 Å². The van der Waals surface area contributed by atoms with Gasteiger partial charge < -0.3 is 4.74 Å². The van der Waals surface area contributed by atoms with Gasteiger partial charge in [-0.1, -0.05) is 0 Å². The average molecular weight is 251 g/mol. The van der Waals surface area contributed by atoms with Crippen LogP contribution in [0.4, 0.5) is 0 Å². The van der Waals surface area contributed by atoms with E-state index in [0.29, 0.717) is 11.5 Å². The van der Waals surface area contributed by atoms with Crippen LogP contribution in [0.5, 0.6) is 0 Å². The molecule has 0 N–H and O–H groups in total. The van der Waals surface area contributed by atoms with E-state index in [1.165, 1.54) is 11.3 Å². The van der Waals surface area contributed by atoms with E-state index in [1.54, 1.807) is 6.92 Å². The molecule has 4 nitrogen and oxygen atoms in total. The Morgan fingerprint density at radius 1 is 1.47 bits per heavy atom. The van der Waals surface area contributed by atoms with Gasteiger partial charge in [-0.3, -0.25) is 0 Å². The Kier molecular flexibility index (Phi) is 3.11. The van der Waals surface area contributed by atoms with Crippen LogP contribution in [-0.2, 0) is 4.74 Å². The van der Waals surface area contributed by atoms with Gasteiger partial charge in [-0.15, -0.1) is 0 Å². The van der Waals surface area contributed by atoms with Crippen molar-refractivity contribution >= 4 is 22.3 Å². The maximum atomic E-state index is 11.8. The summed E-state index contributed by atoms with van der Waals surface area (Å²) >= 11 is 1.38. The lowest BCUT2D eigenvalue weighted by Crippen LogP contribution is -2.28. The number of carbonyl (C=O) groups is 1. The minimum Gasteiger partial charge on any atom is -0.462 e. The summed E-state index contributed by atoms with van der Waals surface area (Å²) in [7, 11) is 0. The molecule has 2 rings (SSSR count). The van der Waals surface area contributed by atoms with Crippen molar-refractivity contribution in [1.29, 1.82) is 0 Å². The van der Waals surface area contributed by atoms with Crippen molar-refractivity contribution in [1.82, 2.24) is 4.98 Å². The Labute approximate surface area is 104 Å². The largest absolute Gasteiger partial charge is 0.462 e. The minimum absolute atomic E-state index is 0.266. The van der Waals surface area contributed by atoms with E-state index >= 15 is 0 Å². The van der Waals surface area contributed by atoms with Crippen LogP contribution in [0.1, 0.15) is 33.7 Å². The number of ether oxygens (including phenoxy) is 1. The Balaban J connectivity index is 2.64. The van der Waals surface area contributed by atoms with Crippen LogP contribution < -0.4 is 4.40 Å². The minimum atomic E-state index is -0.266. The molecule has 0 saturated carbocycles. The molecule has 0 amide bonds. The Hall–Kier alpha value is -1.49. The van der Waals surface area contributed by atoms with Gasteiger partial charge in [0.2, 0.25) is 0 Å². The molecular formula is C12H15N2O2S+. The first-order valence-electron chi connectivity index (χ1n) is 5.51. The monoisotopic (exact) mass is 251 g/mol. The molecule has 0 aromatic carbocycles. The lowest BCUT2D eigenvalue weighted by atomic mass is 10.3. The fourth-order valence-electron chi connectivity index (χ4n) is 1.88. The summed E-state index contributed by atoms with van der Waals surface area (Å²) in [5, 5.41) is 0. The van der Waals surface area contributed by atoms with E-state index in [0.717, 1.165) is 22.0 Å². The predicted molar refractivity (Wildman–Crippen MR) is 65.4 cm³/mol. The second-order valence-electron chi connectivity index (χ2n) is 3.89. The van der Waals surface area contributed by atoms with Crippen LogP contribution in [0, 0.1) is 20.8 Å². The van der Waals surface area contributed by atoms with Crippen LogP contribution >= 0.6 is 11.3 Å². The van der Waals surface area contributed by atoms with Gasteiger partial charge in [0.05, 0.1) is 6.61 Å². The first kappa shape index (κ1) is 12.0. The quantitative estimate of drug-likeness (QED) is 0.605. The molecule has 0 bridgehead atoms. The zero-order valence-corrected chi connectivity index (χ0v) is 11.2. The zero-order chi connectivity index (χ0) is 12.6. The number of hydrogen-bond acceptors (Lipinski definition) is 4. The van der Waals surface area contributed by atoms with Gasteiger partial charge >= 0.3 is 10.9 Å². The molecule has 0 fully saturated rings. The molecule has 0 aliphatic carbocycles. The van der Waals surface area contributed by atoms with Gasteiger partial charge in [0.15, 0.2) is 10.6 Å². The van der Waals surface area contributed by atoms with Crippen molar-refractivity contribution < 1.29 is 13.9 Å². The van der Waals surface area contributed by atoms with Crippen molar-refractivity contribution in [2.45, 2.75) is 27.7 Å². The second-order valence-corrected chi connectivity index (χ2v) is 4.87. The Morgan fingerprint density at radius 3 is 2.82 bits per heavy atom. The molecule has 0 atom stereocenters. The molecule has 0 saturated heterocycles. The number of carbonyl (C=O) groups excluding carboxylic acids is 1. The third-order valence-electron chi connectivity index (χ3n) is 2.55. The van der Waals surface area contributed by atoms with Crippen LogP contribution in [0.2, 0.25) is 0 Å². The maximum absolute atomic E-state index is 11.8. The molecule has 17 heavy (non-hydrogen) atoms. The third kappa shape index (κ3) is 2.02. The van der Waals surface area contributed by atoms with Gasteiger partial charge in [0, 0.05) is 13.0 Å². The van der Waals surface area contributed by atoms with Gasteiger partial charge in [-0.2, -0.15) is 4.40 Å². The summed E-state index contributed by atoms with van der Waals surface area (Å²) in [6.45, 7) is 8.08. The summed E-state index contributed by atoms with van der Waals surface area (Å²) in [4.78, 5) is 17.7. The fraction of sp³-hybridized carbons (Fsp3) is 0.417. The maximum Gasteiger partial charge on any atom is 0.388 e. The van der Waals surface area contributed by atoms with Crippen molar-refractivity contribution in [2.24, 2.45) is 0 Å². The van der Waals surface area contributed by atoms with Gasteiger partial charge in [0.25, 0.3) is 0 Å². The van der Waals surface area contributed by atoms with Crippen molar-refractivity contribution in [3.63, 3.8) is 0 Å². The highest BCUT2D eigenvalue weighted by molar-refractivity contribution is 7.18. The number of fused-ring (bicyclic) bond motifs is 1. The average Bonchev–Trinajstić information content (AvgIpc) is 2.56. The van der Waals surface area contributed by atoms with Crippen LogP contribution in [0.15, 0.2) is 6.07 Å². The Morgan fingerprint density at radius 2 is 2.18 bits per heavy atom. The molecule has 90 valence electrons. The summed E-state index contributed by atoms with van der Waals surface area (Å²) < 4.78 is 7.03. The first-order chi connectivity index (χ1) is 8.04. The van der Waals surface area contributed by atoms with Gasteiger partial charge in [0.1, 0.15) is 11.4 Å². The summed E-state index contributed by atoms with van der Waals surface area (Å²) in [6, 6.07) is 2.00. The number of rotatable bonds is 2. The molecule has 0 spiro atoms. The van der Waals surface area contributed by atoms with Crippen LogP contribution in [0.25, 0.3) is 4.96 Å². The lowest BCUT2D eigenvalue weighted by molar-refractivity contribution is -0.525. The summed E-state index contributed by atoms with van der Waals surface area (Å²) in [6.07, 6.45) is 0. The molecular weight excluding hydrogens is 236 g/mol. The highest BCUT2D eigenvalue weighted by Crippen LogP contribution is 2.18. The van der Waals surface area contributed by atoms with E-state index in [1.807, 2.05) is 31.2 Å². The van der Waals surface area contributed by atoms with Crippen molar-refractivity contribution in [3.05, 3.63) is 28.0 Å². The molecule has 0 aliphatic rings. The molecule has 2 aromatic rings. The highest BCUT2D eigenvalue weighted by Gasteiger charge is 2.24. The molecule has 5 heteroatoms. The zero-order valence-electron chi connectivity index (χ0n) is 10.4. The van der Waals surface area contributed by atoms with Crippen molar-refractivity contribution in [3.8, 4) is 0 Å². The fourth-order valence-corrected chi connectivity index (χ4v) is 3.01.